The smallest absolute Gasteiger partial charge is 0.251 e. The second-order valence-corrected chi connectivity index (χ2v) is 4.96. The van der Waals surface area contributed by atoms with E-state index in [2.05, 4.69) is 30.6 Å². The van der Waals surface area contributed by atoms with Gasteiger partial charge in [-0.2, -0.15) is 0 Å². The minimum Gasteiger partial charge on any atom is -0.368 e. The fourth-order valence-corrected chi connectivity index (χ4v) is 2.11. The maximum absolute atomic E-state index is 11.6. The van der Waals surface area contributed by atoms with Crippen molar-refractivity contribution >= 4 is 5.82 Å². The predicted molar refractivity (Wildman–Crippen MR) is 86.0 cm³/mol. The van der Waals surface area contributed by atoms with Gasteiger partial charge in [0.25, 0.3) is 5.56 Å². The molecule has 0 unspecified atom stereocenters. The topological polar surface area (TPSA) is 101 Å². The molecule has 0 atom stereocenters. The van der Waals surface area contributed by atoms with Crippen molar-refractivity contribution in [2.24, 2.45) is 0 Å². The Morgan fingerprint density at radius 1 is 1.35 bits per heavy atom. The Morgan fingerprint density at radius 3 is 2.96 bits per heavy atom. The summed E-state index contributed by atoms with van der Waals surface area (Å²) in [7, 11) is 0. The summed E-state index contributed by atoms with van der Waals surface area (Å²) in [5, 5.41) is 10.8. The minimum absolute atomic E-state index is 0.151. The van der Waals surface area contributed by atoms with Gasteiger partial charge in [0, 0.05) is 36.3 Å². The first-order valence-corrected chi connectivity index (χ1v) is 7.39. The second kappa shape index (κ2) is 6.82. The Kier molecular flexibility index (Phi) is 4.41. The highest BCUT2D eigenvalue weighted by Gasteiger charge is 2.04. The molecule has 3 rings (SSSR count). The maximum Gasteiger partial charge on any atom is 0.251 e. The fraction of sp³-hybridized carbons (Fsp3) is 0.267. The predicted octanol–water partition coefficient (Wildman–Crippen LogP) is 1.10. The standard InChI is InChI=1S/C15H17N7O/c1-2-12-9-14(23)20-15(19-12)11-3-4-13(17-10-11)16-5-7-22-8-6-18-21-22/h3-4,6,8-10H,2,5,7H2,1H3,(H,16,17)(H,19,20,23). The normalized spacial score (nSPS) is 10.7. The van der Waals surface area contributed by atoms with Crippen LogP contribution in [0.2, 0.25) is 0 Å². The number of rotatable bonds is 6. The molecule has 0 amide bonds. The Hall–Kier alpha value is -3.03. The van der Waals surface area contributed by atoms with Crippen molar-refractivity contribution in [1.29, 1.82) is 0 Å². The van der Waals surface area contributed by atoms with E-state index in [9.17, 15) is 4.79 Å². The summed E-state index contributed by atoms with van der Waals surface area (Å²) < 4.78 is 1.74. The first-order valence-electron chi connectivity index (χ1n) is 7.39. The molecule has 2 N–H and O–H groups in total. The van der Waals surface area contributed by atoms with E-state index in [0.29, 0.717) is 25.3 Å². The van der Waals surface area contributed by atoms with Crippen molar-refractivity contribution in [3.63, 3.8) is 0 Å². The van der Waals surface area contributed by atoms with Gasteiger partial charge in [-0.25, -0.2) is 9.97 Å². The molecule has 8 heteroatoms. The largest absolute Gasteiger partial charge is 0.368 e. The first-order chi connectivity index (χ1) is 11.2. The van der Waals surface area contributed by atoms with E-state index < -0.39 is 0 Å². The lowest BCUT2D eigenvalue weighted by Crippen LogP contribution is -2.12. The highest BCUT2D eigenvalue weighted by molar-refractivity contribution is 5.55. The summed E-state index contributed by atoms with van der Waals surface area (Å²) in [6.45, 7) is 3.36. The molecule has 118 valence electrons. The number of aromatic nitrogens is 6. The number of nitrogens with zero attached hydrogens (tertiary/aromatic N) is 5. The number of H-pyrrole nitrogens is 1. The summed E-state index contributed by atoms with van der Waals surface area (Å²) in [6.07, 6.45) is 5.86. The van der Waals surface area contributed by atoms with Crippen molar-refractivity contribution in [3.05, 3.63) is 52.8 Å². The molecule has 0 aromatic carbocycles. The molecule has 0 aliphatic rings. The van der Waals surface area contributed by atoms with Gasteiger partial charge in [-0.15, -0.1) is 5.10 Å². The second-order valence-electron chi connectivity index (χ2n) is 4.96. The van der Waals surface area contributed by atoms with E-state index in [-0.39, 0.29) is 5.56 Å². The number of anilines is 1. The Bertz CT molecular complexity index is 809. The van der Waals surface area contributed by atoms with Gasteiger partial charge in [0.1, 0.15) is 11.6 Å². The molecular weight excluding hydrogens is 294 g/mol. The molecule has 0 fully saturated rings. The highest BCUT2D eigenvalue weighted by atomic mass is 16.1. The third-order valence-electron chi connectivity index (χ3n) is 3.31. The van der Waals surface area contributed by atoms with Crippen LogP contribution in [0, 0.1) is 0 Å². The van der Waals surface area contributed by atoms with Crippen LogP contribution in [0.5, 0.6) is 0 Å². The fourth-order valence-electron chi connectivity index (χ4n) is 2.11. The van der Waals surface area contributed by atoms with E-state index in [1.807, 2.05) is 19.1 Å². The molecule has 3 aromatic rings. The molecule has 3 aromatic heterocycles. The molecular formula is C15H17N7O. The Balaban J connectivity index is 1.67. The third-order valence-corrected chi connectivity index (χ3v) is 3.31. The number of hydrogen-bond acceptors (Lipinski definition) is 6. The van der Waals surface area contributed by atoms with Gasteiger partial charge in [-0.1, -0.05) is 12.1 Å². The SMILES string of the molecule is CCc1cc(=O)[nH]c(-c2ccc(NCCn3ccnn3)nc2)n1. The van der Waals surface area contributed by atoms with Crippen LogP contribution in [0.4, 0.5) is 5.82 Å². The van der Waals surface area contributed by atoms with Gasteiger partial charge in [0.2, 0.25) is 0 Å². The quantitative estimate of drug-likeness (QED) is 0.707. The summed E-state index contributed by atoms with van der Waals surface area (Å²) in [5.74, 6) is 1.29. The minimum atomic E-state index is -0.151. The van der Waals surface area contributed by atoms with Gasteiger partial charge in [-0.3, -0.25) is 9.48 Å². The molecule has 0 saturated heterocycles. The van der Waals surface area contributed by atoms with Crippen molar-refractivity contribution in [2.75, 3.05) is 11.9 Å². The van der Waals surface area contributed by atoms with E-state index >= 15 is 0 Å². The van der Waals surface area contributed by atoms with Crippen LogP contribution >= 0.6 is 0 Å². The van der Waals surface area contributed by atoms with Crippen molar-refractivity contribution in [1.82, 2.24) is 29.9 Å². The van der Waals surface area contributed by atoms with E-state index in [1.54, 1.807) is 23.3 Å². The zero-order valence-electron chi connectivity index (χ0n) is 12.7. The average Bonchev–Trinajstić information content (AvgIpc) is 3.08. The molecule has 0 bridgehead atoms. The molecule has 0 aliphatic heterocycles. The van der Waals surface area contributed by atoms with Crippen molar-refractivity contribution in [3.8, 4) is 11.4 Å². The van der Waals surface area contributed by atoms with Crippen molar-refractivity contribution in [2.45, 2.75) is 19.9 Å². The van der Waals surface area contributed by atoms with Crippen LogP contribution in [0.25, 0.3) is 11.4 Å². The third kappa shape index (κ3) is 3.79. The van der Waals surface area contributed by atoms with Gasteiger partial charge < -0.3 is 10.3 Å². The number of hydrogen-bond donors (Lipinski definition) is 2. The summed E-state index contributed by atoms with van der Waals surface area (Å²) in [4.78, 5) is 23.1. The average molecular weight is 311 g/mol. The van der Waals surface area contributed by atoms with Gasteiger partial charge >= 0.3 is 0 Å². The lowest BCUT2D eigenvalue weighted by atomic mass is 10.2. The zero-order chi connectivity index (χ0) is 16.1. The van der Waals surface area contributed by atoms with E-state index in [1.165, 1.54) is 6.07 Å². The Labute approximate surface area is 132 Å². The monoisotopic (exact) mass is 311 g/mol. The van der Waals surface area contributed by atoms with Crippen LogP contribution in [0.15, 0.2) is 41.6 Å². The molecule has 3 heterocycles. The summed E-state index contributed by atoms with van der Waals surface area (Å²) >= 11 is 0. The van der Waals surface area contributed by atoms with Crippen LogP contribution < -0.4 is 10.9 Å². The number of aromatic amines is 1. The first kappa shape index (κ1) is 14.9. The number of nitrogens with one attached hydrogen (secondary N) is 2. The summed E-state index contributed by atoms with van der Waals surface area (Å²) in [6, 6.07) is 5.24. The van der Waals surface area contributed by atoms with Gasteiger partial charge in [0.15, 0.2) is 0 Å². The van der Waals surface area contributed by atoms with Crippen LogP contribution in [-0.2, 0) is 13.0 Å². The van der Waals surface area contributed by atoms with Crippen LogP contribution in [0.1, 0.15) is 12.6 Å². The van der Waals surface area contributed by atoms with Crippen LogP contribution in [-0.4, -0.2) is 36.5 Å². The highest BCUT2D eigenvalue weighted by Crippen LogP contribution is 2.14. The van der Waals surface area contributed by atoms with E-state index in [0.717, 1.165) is 17.1 Å². The Morgan fingerprint density at radius 2 is 2.26 bits per heavy atom. The maximum atomic E-state index is 11.6. The van der Waals surface area contributed by atoms with Crippen molar-refractivity contribution < 1.29 is 0 Å². The summed E-state index contributed by atoms with van der Waals surface area (Å²) in [5.41, 5.74) is 1.39. The van der Waals surface area contributed by atoms with Gasteiger partial charge in [-0.05, 0) is 18.6 Å². The lowest BCUT2D eigenvalue weighted by molar-refractivity contribution is 0.608. The van der Waals surface area contributed by atoms with Gasteiger partial charge in [0.05, 0.1) is 12.7 Å². The number of aryl methyl sites for hydroxylation is 1. The lowest BCUT2D eigenvalue weighted by Gasteiger charge is -2.07. The molecule has 8 nitrogen and oxygen atoms in total. The molecule has 23 heavy (non-hydrogen) atoms. The molecule has 0 aliphatic carbocycles. The van der Waals surface area contributed by atoms with E-state index in [4.69, 9.17) is 0 Å². The van der Waals surface area contributed by atoms with Crippen LogP contribution in [0.3, 0.4) is 0 Å². The molecule has 0 saturated carbocycles. The molecule has 0 radical (unpaired) electrons. The number of pyridine rings is 1. The molecule has 0 spiro atoms. The zero-order valence-corrected chi connectivity index (χ0v) is 12.7.